The van der Waals surface area contributed by atoms with Gasteiger partial charge in [-0.1, -0.05) is 48.5 Å². The molecule has 3 aromatic rings. The van der Waals surface area contributed by atoms with Gasteiger partial charge in [0.25, 0.3) is 12.2 Å². The highest BCUT2D eigenvalue weighted by Crippen LogP contribution is 2.41. The Morgan fingerprint density at radius 3 is 1.37 bits per heavy atom. The largest absolute Gasteiger partial charge is 0.743 e. The first-order valence-electron chi connectivity index (χ1n) is 20.9. The molecule has 0 aromatic heterocycles. The van der Waals surface area contributed by atoms with E-state index in [1.165, 1.54) is 52.0 Å². The van der Waals surface area contributed by atoms with E-state index in [0.717, 1.165) is 58.3 Å². The molecule has 0 amide bonds. The quantitative estimate of drug-likeness (QED) is 0.0395. The van der Waals surface area contributed by atoms with Gasteiger partial charge in [0.05, 0.1) is 38.6 Å². The van der Waals surface area contributed by atoms with Crippen LogP contribution in [0.1, 0.15) is 66.4 Å². The Bertz CT molecular complexity index is 2270. The molecule has 0 radical (unpaired) electrons. The summed E-state index contributed by atoms with van der Waals surface area (Å²) in [6.07, 6.45) is -16.4. The van der Waals surface area contributed by atoms with Crippen LogP contribution in [0.3, 0.4) is 0 Å². The zero-order valence-electron chi connectivity index (χ0n) is 40.0. The summed E-state index contributed by atoms with van der Waals surface area (Å²) in [5.41, 5.74) is -1.78. The molecule has 1 aliphatic rings. The third kappa shape index (κ3) is 20.3. The van der Waals surface area contributed by atoms with Crippen LogP contribution >= 0.6 is 0 Å². The number of hydrogen-bond acceptors (Lipinski definition) is 12. The predicted octanol–water partition coefficient (Wildman–Crippen LogP) is 9.21. The van der Waals surface area contributed by atoms with Crippen molar-refractivity contribution in [3.63, 3.8) is 0 Å². The minimum absolute atomic E-state index is 0.422. The van der Waals surface area contributed by atoms with Gasteiger partial charge in [-0.05, 0) is 79.0 Å². The highest BCUT2D eigenvalue weighted by molar-refractivity contribution is 7.97. The lowest BCUT2D eigenvalue weighted by Gasteiger charge is -2.31. The Labute approximate surface area is 404 Å². The molecule has 0 N–H and O–H groups in total. The number of nitrogens with zero attached hydrogens (tertiary/aromatic N) is 1. The number of carbonyl (C=O) groups excluding carboxylic acids is 2. The SMILES string of the molecule is CC(C)(C)C(=O)OC(C(F)(F)F)C(F)(F)S(=O)(=O)[O-].CC(C)(C)C(=O)OC(C(F)(F)F)C(F)(F)S(=O)(=O)[O-].COCCOc1ccc([S+]2CCCCC2)c2ccccc12.C[N+](C)(C)Cc1ccccc1. The summed E-state index contributed by atoms with van der Waals surface area (Å²) < 4.78 is 206. The van der Waals surface area contributed by atoms with Crippen LogP contribution in [-0.4, -0.2) is 130 Å². The van der Waals surface area contributed by atoms with Crippen molar-refractivity contribution >= 4 is 53.8 Å². The van der Waals surface area contributed by atoms with E-state index in [4.69, 9.17) is 9.47 Å². The van der Waals surface area contributed by atoms with E-state index >= 15 is 0 Å². The van der Waals surface area contributed by atoms with E-state index in [9.17, 15) is 79.4 Å². The molecule has 70 heavy (non-hydrogen) atoms. The third-order valence-electron chi connectivity index (χ3n) is 9.03. The summed E-state index contributed by atoms with van der Waals surface area (Å²) >= 11 is 0. The number of esters is 2. The van der Waals surface area contributed by atoms with Crippen LogP contribution in [0.15, 0.2) is 71.6 Å². The van der Waals surface area contributed by atoms with Gasteiger partial charge in [-0.3, -0.25) is 9.59 Å². The number of ether oxygens (including phenoxy) is 4. The smallest absolute Gasteiger partial charge is 0.432 e. The topological polar surface area (TPSA) is 185 Å². The fourth-order valence-corrected chi connectivity index (χ4v) is 8.91. The first-order chi connectivity index (χ1) is 31.5. The maximum absolute atomic E-state index is 12.9. The Kier molecular flexibility index (Phi) is 23.0. The molecule has 0 aliphatic carbocycles. The zero-order valence-corrected chi connectivity index (χ0v) is 42.5. The fraction of sp³-hybridized carbons (Fsp3) is 0.591. The molecule has 0 spiro atoms. The van der Waals surface area contributed by atoms with Crippen molar-refractivity contribution in [2.24, 2.45) is 10.8 Å². The first kappa shape index (κ1) is 64.1. The molecule has 1 fully saturated rings. The summed E-state index contributed by atoms with van der Waals surface area (Å²) in [5, 5.41) is -9.01. The molecular weight excluding hydrogens is 1020 g/mol. The van der Waals surface area contributed by atoms with E-state index < -0.39 is 78.1 Å². The van der Waals surface area contributed by atoms with Gasteiger partial charge in [0.15, 0.2) is 25.1 Å². The second-order valence-electron chi connectivity index (χ2n) is 18.5. The number of methoxy groups -OCH3 is 1. The van der Waals surface area contributed by atoms with Gasteiger partial charge in [0, 0.05) is 34.3 Å². The molecular formula is C44H59F10NO12S3. The second-order valence-corrected chi connectivity index (χ2v) is 23.7. The maximum Gasteiger partial charge on any atom is 0.432 e. The number of rotatable bonds is 13. The van der Waals surface area contributed by atoms with Gasteiger partial charge in [-0.25, -0.2) is 16.8 Å². The minimum atomic E-state index is -6.66. The average Bonchev–Trinajstić information content (AvgIpc) is 3.20. The standard InChI is InChI=1S/C18H23O2S.C10H16N.2C8H11F5O5S/c1-19-11-12-20-17-9-10-18(21-13-5-2-6-14-21)16-8-4-3-7-15(16)17;1-11(2,3)9-10-7-5-4-6-8-10;2*1-6(2,3)5(14)18-4(7(9,10)11)8(12,13)19(15,16)17/h3-4,7-10H,2,5-6,11-14H2,1H3;4-8H,9H2,1-3H3;2*4H,1-3H3,(H,15,16,17)/q2*+1;;/p-2. The maximum atomic E-state index is 12.9. The lowest BCUT2D eigenvalue weighted by molar-refractivity contribution is -0.884. The van der Waals surface area contributed by atoms with Gasteiger partial charge in [0.1, 0.15) is 30.4 Å². The van der Waals surface area contributed by atoms with Crippen LogP contribution in [-0.2, 0) is 61.5 Å². The molecule has 3 aromatic carbocycles. The van der Waals surface area contributed by atoms with Crippen LogP contribution in [0.5, 0.6) is 5.75 Å². The summed E-state index contributed by atoms with van der Waals surface area (Å²) in [4.78, 5) is 23.8. The number of hydrogen-bond donors (Lipinski definition) is 0. The zero-order chi connectivity index (χ0) is 54.5. The molecule has 400 valence electrons. The molecule has 1 saturated heterocycles. The molecule has 0 saturated carbocycles. The minimum Gasteiger partial charge on any atom is -0.743 e. The molecule has 1 aliphatic heterocycles. The Hall–Kier alpha value is -3.95. The van der Waals surface area contributed by atoms with Gasteiger partial charge in [-0.2, -0.15) is 43.9 Å². The van der Waals surface area contributed by atoms with Crippen molar-refractivity contribution < 1.29 is 103 Å². The monoisotopic (exact) mass is 1080 g/mol. The third-order valence-corrected chi connectivity index (χ3v) is 13.3. The Morgan fingerprint density at radius 2 is 1.01 bits per heavy atom. The van der Waals surface area contributed by atoms with Crippen LogP contribution < -0.4 is 4.74 Å². The lowest BCUT2D eigenvalue weighted by Crippen LogP contribution is -2.53. The fourth-order valence-electron chi connectivity index (χ4n) is 5.52. The molecule has 26 heteroatoms. The highest BCUT2D eigenvalue weighted by Gasteiger charge is 2.64. The lowest BCUT2D eigenvalue weighted by atomic mass is 9.97. The number of halogens is 10. The van der Waals surface area contributed by atoms with Crippen molar-refractivity contribution in [2.75, 3.05) is 53.0 Å². The summed E-state index contributed by atoms with van der Waals surface area (Å²) in [6, 6.07) is 23.7. The Morgan fingerprint density at radius 1 is 0.614 bits per heavy atom. The van der Waals surface area contributed by atoms with E-state index in [1.807, 2.05) is 0 Å². The highest BCUT2D eigenvalue weighted by atomic mass is 32.2. The van der Waals surface area contributed by atoms with E-state index in [-0.39, 0.29) is 0 Å². The van der Waals surface area contributed by atoms with Crippen LogP contribution in [0.25, 0.3) is 10.8 Å². The number of quaternary nitrogens is 1. The predicted molar refractivity (Wildman–Crippen MR) is 239 cm³/mol. The molecule has 13 nitrogen and oxygen atoms in total. The molecule has 1 heterocycles. The van der Waals surface area contributed by atoms with E-state index in [0.29, 0.717) is 24.1 Å². The second kappa shape index (κ2) is 25.1. The van der Waals surface area contributed by atoms with Crippen LogP contribution in [0.2, 0.25) is 0 Å². The van der Waals surface area contributed by atoms with Crippen molar-refractivity contribution in [3.8, 4) is 5.75 Å². The van der Waals surface area contributed by atoms with E-state index in [2.05, 4.69) is 97.3 Å². The number of benzene rings is 3. The number of fused-ring (bicyclic) bond motifs is 1. The summed E-state index contributed by atoms with van der Waals surface area (Å²) in [5.74, 6) is 0.241. The van der Waals surface area contributed by atoms with E-state index in [1.54, 1.807) is 7.11 Å². The van der Waals surface area contributed by atoms with Gasteiger partial charge >= 0.3 is 34.8 Å². The van der Waals surface area contributed by atoms with Gasteiger partial charge in [0.2, 0.25) is 0 Å². The van der Waals surface area contributed by atoms with Crippen molar-refractivity contribution in [3.05, 3.63) is 72.3 Å². The summed E-state index contributed by atoms with van der Waals surface area (Å²) in [7, 11) is -4.58. The molecule has 4 rings (SSSR count). The van der Waals surface area contributed by atoms with Crippen LogP contribution in [0.4, 0.5) is 43.9 Å². The van der Waals surface area contributed by atoms with Crippen molar-refractivity contribution in [2.45, 2.75) is 107 Å². The Balaban J connectivity index is 0.000000477. The van der Waals surface area contributed by atoms with Crippen molar-refractivity contribution in [1.82, 2.24) is 0 Å². The average molecular weight is 1080 g/mol. The number of alkyl halides is 10. The summed E-state index contributed by atoms with van der Waals surface area (Å²) in [6.45, 7) is 8.70. The first-order valence-corrected chi connectivity index (χ1v) is 25.3. The van der Waals surface area contributed by atoms with Crippen molar-refractivity contribution in [1.29, 1.82) is 0 Å². The van der Waals surface area contributed by atoms with Gasteiger partial charge in [-0.15, -0.1) is 0 Å². The molecule has 0 bridgehead atoms. The number of carbonyl (C=O) groups is 2. The molecule has 2 atom stereocenters. The van der Waals surface area contributed by atoms with Gasteiger partial charge < -0.3 is 32.5 Å². The normalized spacial score (nSPS) is 15.4. The molecule has 2 unspecified atom stereocenters. The van der Waals surface area contributed by atoms with Crippen LogP contribution in [0, 0.1) is 10.8 Å².